The van der Waals surface area contributed by atoms with Crippen LogP contribution in [-0.2, 0) is 14.3 Å². The van der Waals surface area contributed by atoms with E-state index in [2.05, 4.69) is 4.90 Å². The van der Waals surface area contributed by atoms with Gasteiger partial charge >= 0.3 is 12.1 Å². The van der Waals surface area contributed by atoms with Crippen molar-refractivity contribution in [3.05, 3.63) is 0 Å². The lowest BCUT2D eigenvalue weighted by Gasteiger charge is -2.35. The molecule has 7 nitrogen and oxygen atoms in total. The van der Waals surface area contributed by atoms with Crippen molar-refractivity contribution in [3.8, 4) is 0 Å². The molecule has 21 heavy (non-hydrogen) atoms. The fourth-order valence-corrected chi connectivity index (χ4v) is 1.94. The van der Waals surface area contributed by atoms with Crippen LogP contribution in [0.15, 0.2) is 0 Å². The first kappa shape index (κ1) is 17.7. The lowest BCUT2D eigenvalue weighted by molar-refractivity contribution is -0.138. The van der Waals surface area contributed by atoms with Gasteiger partial charge in [0.25, 0.3) is 0 Å². The second-order valence-corrected chi connectivity index (χ2v) is 6.07. The number of carbonyl (C=O) groups is 2. The Kier molecular flexibility index (Phi) is 6.91. The van der Waals surface area contributed by atoms with Gasteiger partial charge in [0, 0.05) is 32.7 Å². The maximum atomic E-state index is 11.9. The van der Waals surface area contributed by atoms with Crippen LogP contribution in [0.3, 0.4) is 0 Å². The molecule has 1 N–H and O–H groups in total. The maximum Gasteiger partial charge on any atom is 0.410 e. The van der Waals surface area contributed by atoms with E-state index in [1.165, 1.54) is 0 Å². The third-order valence-corrected chi connectivity index (χ3v) is 3.04. The van der Waals surface area contributed by atoms with Crippen LogP contribution >= 0.6 is 0 Å². The van der Waals surface area contributed by atoms with Gasteiger partial charge in [-0.15, -0.1) is 0 Å². The number of aliphatic carboxylic acids is 1. The fourth-order valence-electron chi connectivity index (χ4n) is 1.94. The molecule has 1 heterocycles. The monoisotopic (exact) mass is 302 g/mol. The molecule has 7 heteroatoms. The quantitative estimate of drug-likeness (QED) is 0.738. The topological polar surface area (TPSA) is 79.3 Å². The SMILES string of the molecule is CC(C)(C)OC(=O)N1CCN(CCOCCC(=O)O)CC1. The Morgan fingerprint density at radius 1 is 1.10 bits per heavy atom. The van der Waals surface area contributed by atoms with Gasteiger partial charge in [-0.05, 0) is 20.8 Å². The van der Waals surface area contributed by atoms with Crippen molar-refractivity contribution >= 4 is 12.1 Å². The van der Waals surface area contributed by atoms with E-state index in [0.717, 1.165) is 19.6 Å². The van der Waals surface area contributed by atoms with Crippen LogP contribution in [0.2, 0.25) is 0 Å². The summed E-state index contributed by atoms with van der Waals surface area (Å²) < 4.78 is 10.6. The van der Waals surface area contributed by atoms with E-state index >= 15 is 0 Å². The maximum absolute atomic E-state index is 11.9. The Bertz CT molecular complexity index is 346. The number of carboxylic acid groups (broad SMARTS) is 1. The van der Waals surface area contributed by atoms with Crippen LogP contribution in [-0.4, -0.2) is 78.5 Å². The molecule has 0 aromatic carbocycles. The Labute approximate surface area is 125 Å². The summed E-state index contributed by atoms with van der Waals surface area (Å²) in [6.45, 7) is 9.92. The Hall–Kier alpha value is -1.34. The molecule has 0 radical (unpaired) electrons. The zero-order chi connectivity index (χ0) is 15.9. The molecule has 1 fully saturated rings. The molecule has 0 aromatic rings. The van der Waals surface area contributed by atoms with Gasteiger partial charge in [0.2, 0.25) is 0 Å². The average molecular weight is 302 g/mol. The van der Waals surface area contributed by atoms with E-state index < -0.39 is 11.6 Å². The van der Waals surface area contributed by atoms with Crippen LogP contribution in [0.25, 0.3) is 0 Å². The van der Waals surface area contributed by atoms with E-state index in [9.17, 15) is 9.59 Å². The molecule has 1 aliphatic rings. The van der Waals surface area contributed by atoms with E-state index in [1.807, 2.05) is 20.8 Å². The highest BCUT2D eigenvalue weighted by Crippen LogP contribution is 2.11. The molecule has 0 spiro atoms. The number of carboxylic acids is 1. The van der Waals surface area contributed by atoms with Crippen molar-refractivity contribution < 1.29 is 24.2 Å². The summed E-state index contributed by atoms with van der Waals surface area (Å²) in [5, 5.41) is 8.48. The third kappa shape index (κ3) is 7.87. The number of piperazine rings is 1. The van der Waals surface area contributed by atoms with Crippen molar-refractivity contribution in [1.82, 2.24) is 9.80 Å². The van der Waals surface area contributed by atoms with Crippen molar-refractivity contribution in [1.29, 1.82) is 0 Å². The minimum Gasteiger partial charge on any atom is -0.481 e. The number of hydrogen-bond donors (Lipinski definition) is 1. The van der Waals surface area contributed by atoms with Crippen LogP contribution in [0, 0.1) is 0 Å². The van der Waals surface area contributed by atoms with E-state index in [-0.39, 0.29) is 19.1 Å². The first-order chi connectivity index (χ1) is 9.78. The molecule has 0 saturated carbocycles. The summed E-state index contributed by atoms with van der Waals surface area (Å²) in [6.07, 6.45) is -0.230. The molecule has 0 aliphatic carbocycles. The minimum atomic E-state index is -0.846. The van der Waals surface area contributed by atoms with Gasteiger partial charge in [0.15, 0.2) is 0 Å². The Morgan fingerprint density at radius 2 is 1.71 bits per heavy atom. The first-order valence-corrected chi connectivity index (χ1v) is 7.28. The molecule has 122 valence electrons. The van der Waals surface area contributed by atoms with E-state index in [0.29, 0.717) is 19.7 Å². The predicted molar refractivity (Wildman–Crippen MR) is 77.3 cm³/mol. The number of rotatable bonds is 6. The van der Waals surface area contributed by atoms with Crippen molar-refractivity contribution in [2.75, 3.05) is 45.9 Å². The van der Waals surface area contributed by atoms with Crippen LogP contribution in [0.5, 0.6) is 0 Å². The van der Waals surface area contributed by atoms with Crippen molar-refractivity contribution in [2.45, 2.75) is 32.8 Å². The van der Waals surface area contributed by atoms with Crippen LogP contribution < -0.4 is 0 Å². The zero-order valence-electron chi connectivity index (χ0n) is 13.1. The number of nitrogens with zero attached hydrogens (tertiary/aromatic N) is 2. The summed E-state index contributed by atoms with van der Waals surface area (Å²) in [5.74, 6) is -0.846. The Morgan fingerprint density at radius 3 is 2.24 bits per heavy atom. The highest BCUT2D eigenvalue weighted by Gasteiger charge is 2.25. The molecule has 0 bridgehead atoms. The largest absolute Gasteiger partial charge is 0.481 e. The summed E-state index contributed by atoms with van der Waals surface area (Å²) in [5.41, 5.74) is -0.466. The number of ether oxygens (including phenoxy) is 2. The summed E-state index contributed by atoms with van der Waals surface area (Å²) in [4.78, 5) is 26.1. The van der Waals surface area contributed by atoms with Gasteiger partial charge in [-0.2, -0.15) is 0 Å². The van der Waals surface area contributed by atoms with Gasteiger partial charge in [-0.1, -0.05) is 0 Å². The van der Waals surface area contributed by atoms with Crippen molar-refractivity contribution in [2.24, 2.45) is 0 Å². The molecule has 1 aliphatic heterocycles. The molecule has 1 saturated heterocycles. The van der Waals surface area contributed by atoms with Crippen LogP contribution in [0.1, 0.15) is 27.2 Å². The van der Waals surface area contributed by atoms with E-state index in [4.69, 9.17) is 14.6 Å². The van der Waals surface area contributed by atoms with Gasteiger partial charge in [-0.3, -0.25) is 9.69 Å². The smallest absolute Gasteiger partial charge is 0.410 e. The molecular formula is C14H26N2O5. The highest BCUT2D eigenvalue weighted by molar-refractivity contribution is 5.68. The van der Waals surface area contributed by atoms with Crippen molar-refractivity contribution in [3.63, 3.8) is 0 Å². The van der Waals surface area contributed by atoms with Gasteiger partial charge < -0.3 is 19.5 Å². The number of amides is 1. The normalized spacial score (nSPS) is 16.8. The minimum absolute atomic E-state index is 0.0341. The molecule has 0 atom stereocenters. The fraction of sp³-hybridized carbons (Fsp3) is 0.857. The standard InChI is InChI=1S/C14H26N2O5/c1-14(2,3)21-13(19)16-7-5-15(6-8-16)9-11-20-10-4-12(17)18/h4-11H2,1-3H3,(H,17,18). The molecule has 1 rings (SSSR count). The second-order valence-electron chi connectivity index (χ2n) is 6.07. The zero-order valence-corrected chi connectivity index (χ0v) is 13.1. The summed E-state index contributed by atoms with van der Waals surface area (Å²) >= 11 is 0. The molecule has 0 unspecified atom stereocenters. The lowest BCUT2D eigenvalue weighted by atomic mass is 10.2. The predicted octanol–water partition coefficient (Wildman–Crippen LogP) is 1.03. The second kappa shape index (κ2) is 8.19. The first-order valence-electron chi connectivity index (χ1n) is 7.28. The van der Waals surface area contributed by atoms with Gasteiger partial charge in [-0.25, -0.2) is 4.79 Å². The third-order valence-electron chi connectivity index (χ3n) is 3.04. The number of carbonyl (C=O) groups excluding carboxylic acids is 1. The molecular weight excluding hydrogens is 276 g/mol. The summed E-state index contributed by atoms with van der Waals surface area (Å²) in [6, 6.07) is 0. The average Bonchev–Trinajstić information content (AvgIpc) is 2.36. The molecule has 1 amide bonds. The van der Waals surface area contributed by atoms with Gasteiger partial charge in [0.1, 0.15) is 5.60 Å². The highest BCUT2D eigenvalue weighted by atomic mass is 16.6. The van der Waals surface area contributed by atoms with E-state index in [1.54, 1.807) is 4.90 Å². The van der Waals surface area contributed by atoms with Gasteiger partial charge in [0.05, 0.1) is 19.6 Å². The lowest BCUT2D eigenvalue weighted by Crippen LogP contribution is -2.50. The van der Waals surface area contributed by atoms with Crippen LogP contribution in [0.4, 0.5) is 4.79 Å². The molecule has 0 aromatic heterocycles. The summed E-state index contributed by atoms with van der Waals surface area (Å²) in [7, 11) is 0. The Balaban J connectivity index is 2.14. The number of hydrogen-bond acceptors (Lipinski definition) is 5.